The summed E-state index contributed by atoms with van der Waals surface area (Å²) in [4.78, 5) is 4.39. The molecule has 1 aliphatic rings. The molecule has 1 atom stereocenters. The van der Waals surface area contributed by atoms with Crippen molar-refractivity contribution in [1.29, 1.82) is 0 Å². The topological polar surface area (TPSA) is 52.0 Å². The molecule has 1 aromatic heterocycles. The van der Waals surface area contributed by atoms with Crippen LogP contribution in [0, 0.1) is 6.92 Å². The van der Waals surface area contributed by atoms with Crippen LogP contribution in [0.3, 0.4) is 0 Å². The van der Waals surface area contributed by atoms with Crippen LogP contribution in [0.15, 0.2) is 91.3 Å². The highest BCUT2D eigenvalue weighted by Gasteiger charge is 2.23. The number of aromatic nitrogens is 3. The van der Waals surface area contributed by atoms with Crippen LogP contribution in [-0.2, 0) is 6.61 Å². The normalized spacial score (nSPS) is 15.1. The van der Waals surface area contributed by atoms with Crippen LogP contribution >= 0.6 is 0 Å². The lowest BCUT2D eigenvalue weighted by Gasteiger charge is -2.24. The smallest absolute Gasteiger partial charge is 0.226 e. The highest BCUT2D eigenvalue weighted by molar-refractivity contribution is 5.77. The summed E-state index contributed by atoms with van der Waals surface area (Å²) < 4.78 is 7.93. The second-order valence-electron chi connectivity index (χ2n) is 7.39. The Bertz CT molecular complexity index is 1180. The van der Waals surface area contributed by atoms with Crippen molar-refractivity contribution < 1.29 is 4.74 Å². The van der Waals surface area contributed by atoms with Gasteiger partial charge in [0.25, 0.3) is 0 Å². The van der Waals surface area contributed by atoms with E-state index in [2.05, 4.69) is 76.9 Å². The van der Waals surface area contributed by atoms with Crippen molar-refractivity contribution in [2.45, 2.75) is 19.6 Å². The number of nitrogens with zero attached hydrogens (tertiary/aromatic N) is 3. The van der Waals surface area contributed by atoms with Crippen molar-refractivity contribution in [3.63, 3.8) is 0 Å². The molecule has 5 rings (SSSR count). The number of anilines is 1. The Morgan fingerprint density at radius 1 is 0.967 bits per heavy atom. The van der Waals surface area contributed by atoms with Gasteiger partial charge in [-0.3, -0.25) is 0 Å². The van der Waals surface area contributed by atoms with Gasteiger partial charge in [-0.15, -0.1) is 0 Å². The van der Waals surface area contributed by atoms with Gasteiger partial charge in [0.1, 0.15) is 24.7 Å². The lowest BCUT2D eigenvalue weighted by Crippen LogP contribution is -2.20. The molecule has 2 heterocycles. The van der Waals surface area contributed by atoms with Crippen LogP contribution in [0.5, 0.6) is 5.75 Å². The molecule has 5 nitrogen and oxygen atoms in total. The number of ether oxygens (including phenoxy) is 1. The lowest BCUT2D eigenvalue weighted by atomic mass is 10.0. The third-order valence-corrected chi connectivity index (χ3v) is 5.22. The number of aryl methyl sites for hydroxylation is 1. The predicted octanol–water partition coefficient (Wildman–Crippen LogP) is 5.22. The number of hydrogen-bond donors (Lipinski definition) is 1. The van der Waals surface area contributed by atoms with Gasteiger partial charge in [0.2, 0.25) is 5.95 Å². The summed E-state index contributed by atoms with van der Waals surface area (Å²) in [5.41, 5.74) is 5.62. The van der Waals surface area contributed by atoms with Crippen molar-refractivity contribution in [3.05, 3.63) is 114 Å². The van der Waals surface area contributed by atoms with E-state index in [1.54, 1.807) is 6.33 Å². The summed E-state index contributed by atoms with van der Waals surface area (Å²) in [6.07, 6.45) is 3.76. The van der Waals surface area contributed by atoms with Gasteiger partial charge in [-0.2, -0.15) is 10.1 Å². The van der Waals surface area contributed by atoms with Crippen LogP contribution in [0.4, 0.5) is 5.95 Å². The molecule has 0 saturated heterocycles. The van der Waals surface area contributed by atoms with E-state index in [1.807, 2.05) is 35.0 Å². The highest BCUT2D eigenvalue weighted by atomic mass is 16.5. The summed E-state index contributed by atoms with van der Waals surface area (Å²) in [7, 11) is 0. The Kier molecular flexibility index (Phi) is 4.77. The number of allylic oxidation sites excluding steroid dienone is 1. The van der Waals surface area contributed by atoms with E-state index in [-0.39, 0.29) is 6.04 Å². The van der Waals surface area contributed by atoms with E-state index in [0.717, 1.165) is 34.1 Å². The van der Waals surface area contributed by atoms with Gasteiger partial charge < -0.3 is 10.1 Å². The lowest BCUT2D eigenvalue weighted by molar-refractivity contribution is 0.305. The first-order chi connectivity index (χ1) is 14.8. The summed E-state index contributed by atoms with van der Waals surface area (Å²) >= 11 is 0. The fraction of sp³-hybridized carbons (Fsp3) is 0.120. The van der Waals surface area contributed by atoms with Gasteiger partial charge in [-0.1, -0.05) is 72.3 Å². The second kappa shape index (κ2) is 7.87. The Morgan fingerprint density at radius 3 is 2.63 bits per heavy atom. The van der Waals surface area contributed by atoms with Crippen LogP contribution in [0.1, 0.15) is 28.3 Å². The average Bonchev–Trinajstić information content (AvgIpc) is 3.27. The maximum Gasteiger partial charge on any atom is 0.226 e. The van der Waals surface area contributed by atoms with Gasteiger partial charge in [-0.05, 0) is 41.8 Å². The van der Waals surface area contributed by atoms with Gasteiger partial charge in [-0.25, -0.2) is 4.68 Å². The van der Waals surface area contributed by atoms with E-state index in [1.165, 1.54) is 5.56 Å². The van der Waals surface area contributed by atoms with E-state index < -0.39 is 0 Å². The second-order valence-corrected chi connectivity index (χ2v) is 7.39. The molecule has 0 bridgehead atoms. The molecule has 3 aromatic carbocycles. The van der Waals surface area contributed by atoms with Gasteiger partial charge in [0.15, 0.2) is 0 Å². The zero-order valence-corrected chi connectivity index (χ0v) is 16.7. The standard InChI is InChI=1S/C25H22N4O/c1-18-10-12-20(13-11-18)23-15-24(29-25(28-23)26-17-27-29)21-8-5-9-22(14-21)30-16-19-6-3-2-4-7-19/h2-15,17,24H,16H2,1H3,(H,26,27,28). The molecule has 0 saturated carbocycles. The van der Waals surface area contributed by atoms with Crippen molar-refractivity contribution >= 4 is 11.6 Å². The van der Waals surface area contributed by atoms with E-state index in [0.29, 0.717) is 6.61 Å². The Morgan fingerprint density at radius 2 is 1.80 bits per heavy atom. The summed E-state index contributed by atoms with van der Waals surface area (Å²) in [5, 5.41) is 7.83. The summed E-state index contributed by atoms with van der Waals surface area (Å²) in [6.45, 7) is 2.63. The van der Waals surface area contributed by atoms with Crippen LogP contribution < -0.4 is 10.1 Å². The Balaban J connectivity index is 1.45. The monoisotopic (exact) mass is 394 g/mol. The molecule has 0 aliphatic carbocycles. The first kappa shape index (κ1) is 18.2. The molecule has 4 aromatic rings. The van der Waals surface area contributed by atoms with Crippen LogP contribution in [0.25, 0.3) is 5.70 Å². The zero-order chi connectivity index (χ0) is 20.3. The molecule has 5 heteroatoms. The molecule has 30 heavy (non-hydrogen) atoms. The molecule has 148 valence electrons. The van der Waals surface area contributed by atoms with E-state index >= 15 is 0 Å². The molecule has 0 radical (unpaired) electrons. The minimum atomic E-state index is -0.0691. The first-order valence-electron chi connectivity index (χ1n) is 9.98. The van der Waals surface area contributed by atoms with Crippen molar-refractivity contribution in [2.24, 2.45) is 0 Å². The number of benzene rings is 3. The fourth-order valence-corrected chi connectivity index (χ4v) is 3.60. The third kappa shape index (κ3) is 3.70. The quantitative estimate of drug-likeness (QED) is 0.504. The minimum absolute atomic E-state index is 0.0691. The average molecular weight is 394 g/mol. The minimum Gasteiger partial charge on any atom is -0.489 e. The van der Waals surface area contributed by atoms with Crippen LogP contribution in [0.2, 0.25) is 0 Å². The van der Waals surface area contributed by atoms with E-state index in [9.17, 15) is 0 Å². The third-order valence-electron chi connectivity index (χ3n) is 5.22. The summed E-state index contributed by atoms with van der Waals surface area (Å²) in [6, 6.07) is 26.8. The molecule has 1 aliphatic heterocycles. The SMILES string of the molecule is Cc1ccc(C2=CC(c3cccc(OCc4ccccc4)c3)n3ncnc3N2)cc1. The van der Waals surface area contributed by atoms with Crippen molar-refractivity contribution in [1.82, 2.24) is 14.8 Å². The largest absolute Gasteiger partial charge is 0.489 e. The molecule has 0 fully saturated rings. The molecule has 1 unspecified atom stereocenters. The van der Waals surface area contributed by atoms with E-state index in [4.69, 9.17) is 4.74 Å². The first-order valence-corrected chi connectivity index (χ1v) is 9.98. The Hall–Kier alpha value is -3.86. The molecule has 0 amide bonds. The number of nitrogens with one attached hydrogen (secondary N) is 1. The molecular weight excluding hydrogens is 372 g/mol. The van der Waals surface area contributed by atoms with Gasteiger partial charge in [0.05, 0.1) is 0 Å². The Labute approximate surface area is 175 Å². The zero-order valence-electron chi connectivity index (χ0n) is 16.7. The van der Waals surface area contributed by atoms with Gasteiger partial charge >= 0.3 is 0 Å². The van der Waals surface area contributed by atoms with Crippen molar-refractivity contribution in [2.75, 3.05) is 5.32 Å². The number of hydrogen-bond acceptors (Lipinski definition) is 4. The molecular formula is C25H22N4O. The summed E-state index contributed by atoms with van der Waals surface area (Å²) in [5.74, 6) is 1.57. The van der Waals surface area contributed by atoms with Gasteiger partial charge in [0, 0.05) is 5.70 Å². The molecule has 0 spiro atoms. The number of fused-ring (bicyclic) bond motifs is 1. The maximum absolute atomic E-state index is 6.04. The van der Waals surface area contributed by atoms with Crippen molar-refractivity contribution in [3.8, 4) is 5.75 Å². The fourth-order valence-electron chi connectivity index (χ4n) is 3.60. The maximum atomic E-state index is 6.04. The number of rotatable bonds is 5. The van der Waals surface area contributed by atoms with Crippen LogP contribution in [-0.4, -0.2) is 14.8 Å². The molecule has 1 N–H and O–H groups in total. The predicted molar refractivity (Wildman–Crippen MR) is 118 cm³/mol. The highest BCUT2D eigenvalue weighted by Crippen LogP contribution is 2.33.